The van der Waals surface area contributed by atoms with Crippen LogP contribution in [0.15, 0.2) is 36.7 Å². The number of thiophene rings is 1. The minimum atomic E-state index is -0.417. The first kappa shape index (κ1) is 20.7. The van der Waals surface area contributed by atoms with Gasteiger partial charge in [-0.25, -0.2) is 14.4 Å². The Kier molecular flexibility index (Phi) is 5.99. The van der Waals surface area contributed by atoms with Gasteiger partial charge in [0.1, 0.15) is 22.8 Å². The van der Waals surface area contributed by atoms with Crippen LogP contribution in [0.1, 0.15) is 10.4 Å². The van der Waals surface area contributed by atoms with Crippen molar-refractivity contribution in [3.05, 3.63) is 58.0 Å². The average Bonchev–Trinajstić information content (AvgIpc) is 3.05. The van der Waals surface area contributed by atoms with Gasteiger partial charge in [0.2, 0.25) is 5.91 Å². The van der Waals surface area contributed by atoms with Gasteiger partial charge < -0.3 is 15.1 Å². The molecule has 1 aliphatic heterocycles. The fourth-order valence-electron chi connectivity index (χ4n) is 3.44. The minimum Gasteiger partial charge on any atom is -0.339 e. The number of anilines is 2. The molecule has 0 fully saturated rings. The van der Waals surface area contributed by atoms with Gasteiger partial charge in [-0.05, 0) is 44.3 Å². The van der Waals surface area contributed by atoms with Crippen molar-refractivity contribution in [3.8, 4) is 0 Å². The Hall–Kier alpha value is -2.55. The van der Waals surface area contributed by atoms with E-state index in [4.69, 9.17) is 11.6 Å². The van der Waals surface area contributed by atoms with Gasteiger partial charge in [0.25, 0.3) is 0 Å². The number of aromatic nitrogens is 2. The van der Waals surface area contributed by atoms with Gasteiger partial charge in [0, 0.05) is 34.8 Å². The molecule has 6 nitrogen and oxygen atoms in total. The second kappa shape index (κ2) is 8.67. The predicted molar refractivity (Wildman–Crippen MR) is 119 cm³/mol. The maximum absolute atomic E-state index is 13.7. The van der Waals surface area contributed by atoms with Crippen LogP contribution in [0.25, 0.3) is 10.2 Å². The third-order valence-electron chi connectivity index (χ3n) is 4.80. The SMILES string of the molecule is CN(C)C/C=C/C(=O)N1CCc2c(sc3ncnc(Nc4cc(F)cc(Cl)c4)c23)C1. The van der Waals surface area contributed by atoms with Gasteiger partial charge in [-0.2, -0.15) is 0 Å². The highest BCUT2D eigenvalue weighted by atomic mass is 35.5. The zero-order chi connectivity index (χ0) is 21.3. The van der Waals surface area contributed by atoms with Crippen LogP contribution >= 0.6 is 22.9 Å². The van der Waals surface area contributed by atoms with Crippen molar-refractivity contribution in [2.24, 2.45) is 0 Å². The van der Waals surface area contributed by atoms with E-state index in [1.165, 1.54) is 18.5 Å². The summed E-state index contributed by atoms with van der Waals surface area (Å²) in [6, 6.07) is 4.28. The van der Waals surface area contributed by atoms with Gasteiger partial charge in [0.05, 0.1) is 11.9 Å². The van der Waals surface area contributed by atoms with E-state index in [0.717, 1.165) is 27.2 Å². The van der Waals surface area contributed by atoms with Gasteiger partial charge in [-0.3, -0.25) is 4.79 Å². The number of hydrogen-bond acceptors (Lipinski definition) is 6. The molecule has 0 spiro atoms. The van der Waals surface area contributed by atoms with Crippen molar-refractivity contribution in [2.45, 2.75) is 13.0 Å². The van der Waals surface area contributed by atoms with Gasteiger partial charge in [-0.1, -0.05) is 17.7 Å². The number of carbonyl (C=O) groups is 1. The summed E-state index contributed by atoms with van der Waals surface area (Å²) < 4.78 is 13.7. The lowest BCUT2D eigenvalue weighted by molar-refractivity contribution is -0.126. The first-order chi connectivity index (χ1) is 14.4. The van der Waals surface area contributed by atoms with Crippen molar-refractivity contribution in [3.63, 3.8) is 0 Å². The minimum absolute atomic E-state index is 0.0128. The van der Waals surface area contributed by atoms with Crippen LogP contribution < -0.4 is 5.32 Å². The zero-order valence-electron chi connectivity index (χ0n) is 16.7. The maximum atomic E-state index is 13.7. The average molecular weight is 446 g/mol. The Morgan fingerprint density at radius 3 is 2.97 bits per heavy atom. The van der Waals surface area contributed by atoms with Crippen molar-refractivity contribution in [1.29, 1.82) is 0 Å². The van der Waals surface area contributed by atoms with Crippen molar-refractivity contribution in [1.82, 2.24) is 19.8 Å². The molecule has 1 amide bonds. The lowest BCUT2D eigenvalue weighted by Gasteiger charge is -2.26. The predicted octanol–water partition coefficient (Wildman–Crippen LogP) is 4.23. The lowest BCUT2D eigenvalue weighted by Crippen LogP contribution is -2.34. The van der Waals surface area contributed by atoms with E-state index in [0.29, 0.717) is 36.0 Å². The number of nitrogens with zero attached hydrogens (tertiary/aromatic N) is 4. The molecule has 0 bridgehead atoms. The van der Waals surface area contributed by atoms with Gasteiger partial charge in [0.15, 0.2) is 0 Å². The molecule has 3 heterocycles. The molecule has 1 aromatic carbocycles. The second-order valence-corrected chi connectivity index (χ2v) is 8.88. The summed E-state index contributed by atoms with van der Waals surface area (Å²) in [6.07, 6.45) is 5.72. The second-order valence-electron chi connectivity index (χ2n) is 7.36. The quantitative estimate of drug-likeness (QED) is 0.595. The summed E-state index contributed by atoms with van der Waals surface area (Å²) in [7, 11) is 3.92. The molecule has 9 heteroatoms. The normalized spacial score (nSPS) is 14.0. The van der Waals surface area contributed by atoms with Crippen LogP contribution in [0.2, 0.25) is 5.02 Å². The number of fused-ring (bicyclic) bond motifs is 3. The molecule has 3 aromatic rings. The smallest absolute Gasteiger partial charge is 0.246 e. The highest BCUT2D eigenvalue weighted by molar-refractivity contribution is 7.19. The van der Waals surface area contributed by atoms with Crippen LogP contribution in [0.4, 0.5) is 15.9 Å². The molecule has 30 heavy (non-hydrogen) atoms. The standard InChI is InChI=1S/C21H21ClFN5OS/c1-27(2)6-3-4-18(29)28-7-5-16-17(11-28)30-21-19(16)20(24-12-25-21)26-15-9-13(22)8-14(23)10-15/h3-4,8-10,12H,5-7,11H2,1-2H3,(H,24,25,26)/b4-3+. The van der Waals surface area contributed by atoms with Crippen LogP contribution in [0.3, 0.4) is 0 Å². The molecule has 0 saturated heterocycles. The molecular formula is C21H21ClFN5OS. The van der Waals surface area contributed by atoms with Crippen LogP contribution in [0.5, 0.6) is 0 Å². The monoisotopic (exact) mass is 445 g/mol. The number of carbonyl (C=O) groups excluding carboxylic acids is 1. The topological polar surface area (TPSA) is 61.4 Å². The molecule has 0 saturated carbocycles. The highest BCUT2D eigenvalue weighted by Crippen LogP contribution is 2.38. The van der Waals surface area contributed by atoms with Crippen molar-refractivity contribution in [2.75, 3.05) is 32.5 Å². The maximum Gasteiger partial charge on any atom is 0.246 e. The van der Waals surface area contributed by atoms with Crippen molar-refractivity contribution >= 4 is 50.6 Å². The number of hydrogen-bond donors (Lipinski definition) is 1. The largest absolute Gasteiger partial charge is 0.339 e. The molecule has 1 aliphatic rings. The fraction of sp³-hybridized carbons (Fsp3) is 0.286. The Bertz CT molecular complexity index is 1110. The number of halogens is 2. The fourth-order valence-corrected chi connectivity index (χ4v) is 4.87. The van der Waals surface area contributed by atoms with E-state index in [-0.39, 0.29) is 5.91 Å². The molecule has 2 aromatic heterocycles. The highest BCUT2D eigenvalue weighted by Gasteiger charge is 2.25. The lowest BCUT2D eigenvalue weighted by atomic mass is 10.0. The van der Waals surface area contributed by atoms with E-state index in [9.17, 15) is 9.18 Å². The van der Waals surface area contributed by atoms with Crippen LogP contribution in [-0.2, 0) is 17.8 Å². The third-order valence-corrected chi connectivity index (χ3v) is 6.15. The number of benzene rings is 1. The molecule has 0 unspecified atom stereocenters. The van der Waals surface area contributed by atoms with E-state index >= 15 is 0 Å². The van der Waals surface area contributed by atoms with E-state index in [1.54, 1.807) is 23.5 Å². The molecule has 0 atom stereocenters. The summed E-state index contributed by atoms with van der Waals surface area (Å²) in [5.74, 6) is 0.211. The van der Waals surface area contributed by atoms with Gasteiger partial charge >= 0.3 is 0 Å². The first-order valence-corrected chi connectivity index (χ1v) is 10.7. The number of rotatable bonds is 5. The molecule has 4 rings (SSSR count). The number of likely N-dealkylation sites (N-methyl/N-ethyl adjacent to an activating group) is 1. The molecule has 156 valence electrons. The molecule has 1 N–H and O–H groups in total. The first-order valence-electron chi connectivity index (χ1n) is 9.49. The van der Waals surface area contributed by atoms with Crippen molar-refractivity contribution < 1.29 is 9.18 Å². The molecular weight excluding hydrogens is 425 g/mol. The third kappa shape index (κ3) is 4.45. The number of nitrogens with one attached hydrogen (secondary N) is 1. The zero-order valence-corrected chi connectivity index (χ0v) is 18.2. The summed E-state index contributed by atoms with van der Waals surface area (Å²) >= 11 is 7.53. The summed E-state index contributed by atoms with van der Waals surface area (Å²) in [5.41, 5.74) is 1.67. The Labute approximate surface area is 183 Å². The van der Waals surface area contributed by atoms with E-state index in [1.807, 2.05) is 30.0 Å². The van der Waals surface area contributed by atoms with E-state index < -0.39 is 5.82 Å². The van der Waals surface area contributed by atoms with Crippen LogP contribution in [-0.4, -0.2) is 52.9 Å². The van der Waals surface area contributed by atoms with Gasteiger partial charge in [-0.15, -0.1) is 11.3 Å². The summed E-state index contributed by atoms with van der Waals surface area (Å²) in [4.78, 5) is 27.1. The summed E-state index contributed by atoms with van der Waals surface area (Å²) in [6.45, 7) is 1.90. The molecule has 0 radical (unpaired) electrons. The van der Waals surface area contributed by atoms with Crippen LogP contribution in [0, 0.1) is 5.82 Å². The number of amides is 1. The van der Waals surface area contributed by atoms with E-state index in [2.05, 4.69) is 15.3 Å². The Morgan fingerprint density at radius 2 is 2.20 bits per heavy atom. The Morgan fingerprint density at radius 1 is 1.37 bits per heavy atom. The molecule has 0 aliphatic carbocycles. The summed E-state index contributed by atoms with van der Waals surface area (Å²) in [5, 5.41) is 4.41. The Balaban J connectivity index is 1.60.